The van der Waals surface area contributed by atoms with Crippen molar-refractivity contribution in [1.29, 1.82) is 0 Å². The lowest BCUT2D eigenvalue weighted by atomic mass is 10.2. The minimum atomic E-state index is -0.0454. The Labute approximate surface area is 102 Å². The van der Waals surface area contributed by atoms with Crippen molar-refractivity contribution in [3.8, 4) is 11.5 Å². The van der Waals surface area contributed by atoms with Gasteiger partial charge in [-0.05, 0) is 38.5 Å². The van der Waals surface area contributed by atoms with E-state index in [4.69, 9.17) is 4.74 Å². The Bertz CT molecular complexity index is 366. The van der Waals surface area contributed by atoms with Crippen LogP contribution in [-0.4, -0.2) is 35.6 Å². The van der Waals surface area contributed by atoms with Crippen molar-refractivity contribution in [2.75, 3.05) is 19.7 Å². The van der Waals surface area contributed by atoms with Crippen molar-refractivity contribution in [1.82, 2.24) is 4.90 Å². The van der Waals surface area contributed by atoms with Gasteiger partial charge >= 0.3 is 0 Å². The minimum absolute atomic E-state index is 0.00454. The zero-order valence-electron chi connectivity index (χ0n) is 10.6. The van der Waals surface area contributed by atoms with Gasteiger partial charge in [0.25, 0.3) is 5.91 Å². The molecule has 0 aliphatic carbocycles. The van der Waals surface area contributed by atoms with Crippen LogP contribution in [-0.2, 0) is 4.79 Å². The molecule has 0 bridgehead atoms. The van der Waals surface area contributed by atoms with E-state index in [9.17, 15) is 9.90 Å². The number of rotatable bonds is 5. The number of likely N-dealkylation sites (N-methyl/N-ethyl adjacent to an activating group) is 1. The maximum absolute atomic E-state index is 11.7. The Kier molecular flexibility index (Phi) is 4.82. The van der Waals surface area contributed by atoms with Crippen LogP contribution in [0.25, 0.3) is 0 Å². The van der Waals surface area contributed by atoms with E-state index in [1.807, 2.05) is 20.8 Å². The summed E-state index contributed by atoms with van der Waals surface area (Å²) in [4.78, 5) is 13.4. The summed E-state index contributed by atoms with van der Waals surface area (Å²) in [6.45, 7) is 7.08. The number of aryl methyl sites for hydroxylation is 1. The highest BCUT2D eigenvalue weighted by molar-refractivity contribution is 5.77. The van der Waals surface area contributed by atoms with Crippen LogP contribution in [0.2, 0.25) is 0 Å². The SMILES string of the molecule is CCN(CC)C(=O)COc1cc(C)cc(O)c1. The maximum Gasteiger partial charge on any atom is 0.260 e. The standard InChI is InChI=1S/C13H19NO3/c1-4-14(5-2)13(16)9-17-12-7-10(3)6-11(15)8-12/h6-8,15H,4-5,9H2,1-3H3. The summed E-state index contributed by atoms with van der Waals surface area (Å²) in [5.41, 5.74) is 0.898. The monoisotopic (exact) mass is 237 g/mol. The average molecular weight is 237 g/mol. The third-order valence-electron chi connectivity index (χ3n) is 2.51. The number of hydrogen-bond donors (Lipinski definition) is 1. The molecule has 1 amide bonds. The largest absolute Gasteiger partial charge is 0.508 e. The van der Waals surface area contributed by atoms with E-state index < -0.39 is 0 Å². The predicted molar refractivity (Wildman–Crippen MR) is 66.3 cm³/mol. The third kappa shape index (κ3) is 3.98. The third-order valence-corrected chi connectivity index (χ3v) is 2.51. The average Bonchev–Trinajstić information content (AvgIpc) is 2.27. The molecule has 0 aliphatic heterocycles. The van der Waals surface area contributed by atoms with Crippen LogP contribution in [0.3, 0.4) is 0 Å². The number of phenols is 1. The molecule has 94 valence electrons. The van der Waals surface area contributed by atoms with Gasteiger partial charge in [-0.1, -0.05) is 0 Å². The molecule has 0 saturated carbocycles. The van der Waals surface area contributed by atoms with Gasteiger partial charge in [0.15, 0.2) is 6.61 Å². The van der Waals surface area contributed by atoms with E-state index >= 15 is 0 Å². The fraction of sp³-hybridized carbons (Fsp3) is 0.462. The lowest BCUT2D eigenvalue weighted by Crippen LogP contribution is -2.34. The first kappa shape index (κ1) is 13.4. The molecule has 0 unspecified atom stereocenters. The molecular weight excluding hydrogens is 218 g/mol. The first-order valence-corrected chi connectivity index (χ1v) is 5.78. The molecule has 0 atom stereocenters. The van der Waals surface area contributed by atoms with Crippen LogP contribution in [0.5, 0.6) is 11.5 Å². The summed E-state index contributed by atoms with van der Waals surface area (Å²) in [6.07, 6.45) is 0. The van der Waals surface area contributed by atoms with Gasteiger partial charge in [0.05, 0.1) is 0 Å². The van der Waals surface area contributed by atoms with Crippen LogP contribution in [0, 0.1) is 6.92 Å². The molecule has 0 aromatic heterocycles. The molecule has 0 heterocycles. The van der Waals surface area contributed by atoms with Gasteiger partial charge in [0, 0.05) is 19.2 Å². The van der Waals surface area contributed by atoms with Gasteiger partial charge < -0.3 is 14.7 Å². The lowest BCUT2D eigenvalue weighted by Gasteiger charge is -2.18. The summed E-state index contributed by atoms with van der Waals surface area (Å²) in [5, 5.41) is 9.39. The quantitative estimate of drug-likeness (QED) is 0.851. The molecule has 0 fully saturated rings. The molecular formula is C13H19NO3. The van der Waals surface area contributed by atoms with Crippen LogP contribution in [0.1, 0.15) is 19.4 Å². The normalized spacial score (nSPS) is 10.1. The van der Waals surface area contributed by atoms with E-state index in [1.54, 1.807) is 17.0 Å². The molecule has 1 rings (SSSR count). The van der Waals surface area contributed by atoms with E-state index in [0.717, 1.165) is 5.56 Å². The number of carbonyl (C=O) groups is 1. The summed E-state index contributed by atoms with van der Waals surface area (Å²) in [5.74, 6) is 0.620. The van der Waals surface area contributed by atoms with E-state index in [-0.39, 0.29) is 18.3 Å². The smallest absolute Gasteiger partial charge is 0.260 e. The first-order valence-electron chi connectivity index (χ1n) is 5.78. The van der Waals surface area contributed by atoms with Crippen molar-refractivity contribution < 1.29 is 14.6 Å². The van der Waals surface area contributed by atoms with Crippen LogP contribution < -0.4 is 4.74 Å². The predicted octanol–water partition coefficient (Wildman–Crippen LogP) is 1.95. The summed E-state index contributed by atoms with van der Waals surface area (Å²) < 4.78 is 5.36. The maximum atomic E-state index is 11.7. The highest BCUT2D eigenvalue weighted by Crippen LogP contribution is 2.21. The Morgan fingerprint density at radius 1 is 1.29 bits per heavy atom. The highest BCUT2D eigenvalue weighted by atomic mass is 16.5. The van der Waals surface area contributed by atoms with Gasteiger partial charge in [0.2, 0.25) is 0 Å². The van der Waals surface area contributed by atoms with E-state index in [0.29, 0.717) is 18.8 Å². The molecule has 17 heavy (non-hydrogen) atoms. The van der Waals surface area contributed by atoms with Gasteiger partial charge in [0.1, 0.15) is 11.5 Å². The second-order valence-electron chi connectivity index (χ2n) is 3.86. The van der Waals surface area contributed by atoms with Crippen molar-refractivity contribution in [2.24, 2.45) is 0 Å². The van der Waals surface area contributed by atoms with Gasteiger partial charge in [-0.15, -0.1) is 0 Å². The Morgan fingerprint density at radius 3 is 2.47 bits per heavy atom. The van der Waals surface area contributed by atoms with Crippen LogP contribution in [0.4, 0.5) is 0 Å². The second kappa shape index (κ2) is 6.13. The van der Waals surface area contributed by atoms with Crippen LogP contribution in [0.15, 0.2) is 18.2 Å². The van der Waals surface area contributed by atoms with Gasteiger partial charge in [-0.3, -0.25) is 4.79 Å². The van der Waals surface area contributed by atoms with Crippen molar-refractivity contribution in [3.63, 3.8) is 0 Å². The van der Waals surface area contributed by atoms with Gasteiger partial charge in [-0.25, -0.2) is 0 Å². The number of hydrogen-bond acceptors (Lipinski definition) is 3. The Balaban J connectivity index is 2.58. The van der Waals surface area contributed by atoms with Crippen molar-refractivity contribution in [3.05, 3.63) is 23.8 Å². The molecule has 4 heteroatoms. The number of carbonyl (C=O) groups excluding carboxylic acids is 1. The fourth-order valence-electron chi connectivity index (χ4n) is 1.62. The number of amides is 1. The van der Waals surface area contributed by atoms with Crippen molar-refractivity contribution >= 4 is 5.91 Å². The summed E-state index contributed by atoms with van der Waals surface area (Å²) in [7, 11) is 0. The van der Waals surface area contributed by atoms with E-state index in [1.165, 1.54) is 6.07 Å². The fourth-order valence-corrected chi connectivity index (χ4v) is 1.62. The molecule has 0 radical (unpaired) electrons. The number of benzene rings is 1. The lowest BCUT2D eigenvalue weighted by molar-refractivity contribution is -0.132. The zero-order valence-corrected chi connectivity index (χ0v) is 10.6. The number of nitrogens with zero attached hydrogens (tertiary/aromatic N) is 1. The molecule has 1 N–H and O–H groups in total. The molecule has 1 aromatic carbocycles. The molecule has 0 saturated heterocycles. The minimum Gasteiger partial charge on any atom is -0.508 e. The van der Waals surface area contributed by atoms with Crippen molar-refractivity contribution in [2.45, 2.75) is 20.8 Å². The Morgan fingerprint density at radius 2 is 1.94 bits per heavy atom. The molecule has 4 nitrogen and oxygen atoms in total. The topological polar surface area (TPSA) is 49.8 Å². The molecule has 0 aliphatic rings. The summed E-state index contributed by atoms with van der Waals surface area (Å²) >= 11 is 0. The molecule has 0 spiro atoms. The van der Waals surface area contributed by atoms with Gasteiger partial charge in [-0.2, -0.15) is 0 Å². The molecule has 1 aromatic rings. The first-order chi connectivity index (χ1) is 8.06. The van der Waals surface area contributed by atoms with E-state index in [2.05, 4.69) is 0 Å². The number of ether oxygens (including phenoxy) is 1. The number of aromatic hydroxyl groups is 1. The summed E-state index contributed by atoms with van der Waals surface area (Å²) in [6, 6.07) is 4.93. The second-order valence-corrected chi connectivity index (χ2v) is 3.86. The highest BCUT2D eigenvalue weighted by Gasteiger charge is 2.10. The Hall–Kier alpha value is -1.71. The van der Waals surface area contributed by atoms with Crippen LogP contribution >= 0.6 is 0 Å². The number of phenolic OH excluding ortho intramolecular Hbond substituents is 1. The zero-order chi connectivity index (χ0) is 12.8.